The molecule has 0 aromatic carbocycles. The Hall–Kier alpha value is -3.24. The molecule has 3 fully saturated rings. The maximum absolute atomic E-state index is 12.6. The maximum Gasteiger partial charge on any atom is 0.241 e. The number of ether oxygens (including phenoxy) is 2. The van der Waals surface area contributed by atoms with Crippen molar-refractivity contribution in [1.29, 1.82) is 0 Å². The molecule has 3 aliphatic rings. The van der Waals surface area contributed by atoms with E-state index in [9.17, 15) is 4.79 Å². The Kier molecular flexibility index (Phi) is 6.22. The predicted molar refractivity (Wildman–Crippen MR) is 137 cm³/mol. The van der Waals surface area contributed by atoms with E-state index in [2.05, 4.69) is 27.9 Å². The average molecular weight is 492 g/mol. The molecular weight excluding hydrogens is 458 g/mol. The Morgan fingerprint density at radius 2 is 2.00 bits per heavy atom. The minimum absolute atomic E-state index is 0.0991. The third-order valence-corrected chi connectivity index (χ3v) is 7.49. The third-order valence-electron chi connectivity index (χ3n) is 7.49. The van der Waals surface area contributed by atoms with Crippen LogP contribution in [0.1, 0.15) is 32.4 Å². The molecule has 3 aliphatic heterocycles. The quantitative estimate of drug-likeness (QED) is 0.551. The number of carbonyl (C=O) groups excluding carboxylic acids is 1. The minimum atomic E-state index is -0.0991. The van der Waals surface area contributed by atoms with Crippen LogP contribution in [0.3, 0.4) is 0 Å². The molecule has 10 nitrogen and oxygen atoms in total. The number of nitrogens with zero attached hydrogens (tertiary/aromatic N) is 7. The molecule has 0 bridgehead atoms. The summed E-state index contributed by atoms with van der Waals surface area (Å²) in [7, 11) is 1.86. The van der Waals surface area contributed by atoms with Gasteiger partial charge in [0.25, 0.3) is 0 Å². The van der Waals surface area contributed by atoms with Gasteiger partial charge in [-0.25, -0.2) is 9.67 Å². The summed E-state index contributed by atoms with van der Waals surface area (Å²) in [6.45, 7) is 6.80. The van der Waals surface area contributed by atoms with Gasteiger partial charge in [0, 0.05) is 57.1 Å². The van der Waals surface area contributed by atoms with Crippen molar-refractivity contribution in [3.05, 3.63) is 30.6 Å². The van der Waals surface area contributed by atoms with E-state index >= 15 is 0 Å². The van der Waals surface area contributed by atoms with Crippen molar-refractivity contribution in [2.24, 2.45) is 0 Å². The molecule has 10 heteroatoms. The summed E-state index contributed by atoms with van der Waals surface area (Å²) < 4.78 is 13.7. The fourth-order valence-electron chi connectivity index (χ4n) is 5.40. The summed E-state index contributed by atoms with van der Waals surface area (Å²) >= 11 is 0. The second-order valence-corrected chi connectivity index (χ2v) is 9.89. The molecule has 0 spiro atoms. The van der Waals surface area contributed by atoms with Gasteiger partial charge in [0.15, 0.2) is 6.23 Å². The first-order chi connectivity index (χ1) is 17.6. The van der Waals surface area contributed by atoms with E-state index < -0.39 is 0 Å². The van der Waals surface area contributed by atoms with Crippen LogP contribution in [0.15, 0.2) is 30.6 Å². The van der Waals surface area contributed by atoms with Crippen molar-refractivity contribution < 1.29 is 14.3 Å². The van der Waals surface area contributed by atoms with E-state index in [4.69, 9.17) is 19.4 Å². The largest absolute Gasteiger partial charge is 0.377 e. The van der Waals surface area contributed by atoms with Crippen molar-refractivity contribution in [3.63, 3.8) is 0 Å². The number of fused-ring (bicyclic) bond motifs is 1. The Balaban J connectivity index is 1.51. The SMILES string of the molecule is CC1COCCN1c1cc(N2CCN(C)C(=O)C2)c2ccnc(-c3ccnn3C3CCCCO3)c2n1. The summed E-state index contributed by atoms with van der Waals surface area (Å²) in [6, 6.07) is 6.33. The molecule has 0 radical (unpaired) electrons. The van der Waals surface area contributed by atoms with Crippen LogP contribution in [0, 0.1) is 0 Å². The zero-order valence-electron chi connectivity index (χ0n) is 21.0. The molecule has 1 amide bonds. The highest BCUT2D eigenvalue weighted by molar-refractivity contribution is 6.01. The van der Waals surface area contributed by atoms with Gasteiger partial charge < -0.3 is 24.2 Å². The molecule has 3 aromatic heterocycles. The molecule has 36 heavy (non-hydrogen) atoms. The molecule has 2 atom stereocenters. The summed E-state index contributed by atoms with van der Waals surface area (Å²) in [4.78, 5) is 28.9. The molecule has 0 saturated carbocycles. The fraction of sp³-hybridized carbons (Fsp3) is 0.538. The van der Waals surface area contributed by atoms with Crippen LogP contribution >= 0.6 is 0 Å². The Morgan fingerprint density at radius 1 is 1.08 bits per heavy atom. The highest BCUT2D eigenvalue weighted by Crippen LogP contribution is 2.37. The van der Waals surface area contributed by atoms with E-state index in [0.29, 0.717) is 26.3 Å². The predicted octanol–water partition coefficient (Wildman–Crippen LogP) is 2.70. The Bertz CT molecular complexity index is 1260. The van der Waals surface area contributed by atoms with Gasteiger partial charge in [-0.3, -0.25) is 9.78 Å². The lowest BCUT2D eigenvalue weighted by molar-refractivity contribution is -0.129. The maximum atomic E-state index is 12.6. The van der Waals surface area contributed by atoms with E-state index in [1.54, 1.807) is 4.90 Å². The lowest BCUT2D eigenvalue weighted by atomic mass is 10.1. The lowest BCUT2D eigenvalue weighted by Crippen LogP contribution is -2.49. The van der Waals surface area contributed by atoms with Gasteiger partial charge in [0.2, 0.25) is 5.91 Å². The fourth-order valence-corrected chi connectivity index (χ4v) is 5.40. The monoisotopic (exact) mass is 491 g/mol. The van der Waals surface area contributed by atoms with E-state index in [1.807, 2.05) is 36.3 Å². The molecule has 0 aliphatic carbocycles. The van der Waals surface area contributed by atoms with Crippen LogP contribution < -0.4 is 9.80 Å². The number of morpholine rings is 1. The van der Waals surface area contributed by atoms with E-state index in [0.717, 1.165) is 72.8 Å². The number of rotatable bonds is 4. The van der Waals surface area contributed by atoms with Crippen LogP contribution in [0.2, 0.25) is 0 Å². The van der Waals surface area contributed by atoms with Gasteiger partial charge in [0.05, 0.1) is 37.2 Å². The zero-order valence-corrected chi connectivity index (χ0v) is 21.0. The highest BCUT2D eigenvalue weighted by Gasteiger charge is 2.28. The summed E-state index contributed by atoms with van der Waals surface area (Å²) in [5.74, 6) is 1.00. The van der Waals surface area contributed by atoms with Crippen molar-refractivity contribution in [3.8, 4) is 11.4 Å². The van der Waals surface area contributed by atoms with Gasteiger partial charge in [-0.1, -0.05) is 0 Å². The topological polar surface area (TPSA) is 88.9 Å². The molecule has 3 saturated heterocycles. The van der Waals surface area contributed by atoms with Crippen LogP contribution in [0.5, 0.6) is 0 Å². The normalized spacial score (nSPS) is 23.5. The van der Waals surface area contributed by atoms with Gasteiger partial charge in [-0.2, -0.15) is 5.10 Å². The number of hydrogen-bond donors (Lipinski definition) is 0. The van der Waals surface area contributed by atoms with Crippen molar-refractivity contribution in [2.75, 3.05) is 62.8 Å². The molecule has 190 valence electrons. The van der Waals surface area contributed by atoms with Gasteiger partial charge in [-0.15, -0.1) is 0 Å². The molecule has 2 unspecified atom stereocenters. The molecule has 6 rings (SSSR count). The number of aromatic nitrogens is 4. The van der Waals surface area contributed by atoms with Gasteiger partial charge in [-0.05, 0) is 38.3 Å². The van der Waals surface area contributed by atoms with E-state index in [-0.39, 0.29) is 18.2 Å². The standard InChI is InChI=1S/C26H33N7O3/c1-18-17-35-14-12-32(18)22-15-21(31-11-10-30(2)23(34)16-31)19-6-8-27-26(25(19)29-22)20-7-9-28-33(20)24-5-3-4-13-36-24/h6-9,15,18,24H,3-5,10-14,16-17H2,1-2H3. The summed E-state index contributed by atoms with van der Waals surface area (Å²) in [5.41, 5.74) is 3.50. The lowest BCUT2D eigenvalue weighted by Gasteiger charge is -2.37. The third kappa shape index (κ3) is 4.18. The number of hydrogen-bond acceptors (Lipinski definition) is 8. The molecule has 3 aromatic rings. The number of pyridine rings is 2. The van der Waals surface area contributed by atoms with E-state index in [1.165, 1.54) is 0 Å². The summed E-state index contributed by atoms with van der Waals surface area (Å²) in [5, 5.41) is 5.60. The second kappa shape index (κ2) is 9.67. The van der Waals surface area contributed by atoms with Gasteiger partial charge >= 0.3 is 0 Å². The van der Waals surface area contributed by atoms with Crippen LogP contribution in [0.4, 0.5) is 11.5 Å². The number of anilines is 2. The molecule has 6 heterocycles. The zero-order chi connectivity index (χ0) is 24.6. The van der Waals surface area contributed by atoms with Crippen molar-refractivity contribution >= 4 is 28.3 Å². The highest BCUT2D eigenvalue weighted by atomic mass is 16.5. The van der Waals surface area contributed by atoms with Crippen molar-refractivity contribution in [1.82, 2.24) is 24.6 Å². The number of piperazine rings is 1. The first kappa shape index (κ1) is 23.2. The molecular formula is C26H33N7O3. The average Bonchev–Trinajstić information content (AvgIpc) is 3.40. The Labute approximate surface area is 210 Å². The van der Waals surface area contributed by atoms with Gasteiger partial charge in [0.1, 0.15) is 17.0 Å². The van der Waals surface area contributed by atoms with Crippen LogP contribution in [0.25, 0.3) is 22.3 Å². The second-order valence-electron chi connectivity index (χ2n) is 9.89. The number of amides is 1. The van der Waals surface area contributed by atoms with Crippen LogP contribution in [-0.4, -0.2) is 89.6 Å². The first-order valence-electron chi connectivity index (χ1n) is 12.9. The Morgan fingerprint density at radius 3 is 2.81 bits per heavy atom. The van der Waals surface area contributed by atoms with Crippen molar-refractivity contribution in [2.45, 2.75) is 38.5 Å². The number of likely N-dealkylation sites (N-methyl/N-ethyl adjacent to an activating group) is 1. The first-order valence-corrected chi connectivity index (χ1v) is 12.9. The number of carbonyl (C=O) groups is 1. The summed E-state index contributed by atoms with van der Waals surface area (Å²) in [6.07, 6.45) is 6.66. The minimum Gasteiger partial charge on any atom is -0.377 e. The molecule has 0 N–H and O–H groups in total. The van der Waals surface area contributed by atoms with Crippen LogP contribution in [-0.2, 0) is 14.3 Å². The smallest absolute Gasteiger partial charge is 0.241 e.